The van der Waals surface area contributed by atoms with Crippen molar-refractivity contribution >= 4 is 27.4 Å². The molecule has 1 heterocycles. The first-order valence-electron chi connectivity index (χ1n) is 7.15. The summed E-state index contributed by atoms with van der Waals surface area (Å²) in [4.78, 5) is 4.20. The SMILES string of the molecule is CCCNc1ncc(S(=O)(=O)NCC2CC2(C)C)cc1Cl. The molecule has 0 amide bonds. The van der Waals surface area contributed by atoms with E-state index in [1.54, 1.807) is 0 Å². The van der Waals surface area contributed by atoms with Gasteiger partial charge in [0.1, 0.15) is 10.7 Å². The minimum atomic E-state index is -3.55. The summed E-state index contributed by atoms with van der Waals surface area (Å²) in [7, 11) is -3.55. The molecule has 21 heavy (non-hydrogen) atoms. The molecule has 0 bridgehead atoms. The molecule has 0 saturated heterocycles. The summed E-state index contributed by atoms with van der Waals surface area (Å²) in [5.41, 5.74) is 0.242. The largest absolute Gasteiger partial charge is 0.369 e. The third kappa shape index (κ3) is 4.08. The first-order chi connectivity index (χ1) is 9.76. The van der Waals surface area contributed by atoms with Crippen molar-refractivity contribution < 1.29 is 8.42 Å². The van der Waals surface area contributed by atoms with Crippen molar-refractivity contribution in [3.63, 3.8) is 0 Å². The molecular formula is C14H22ClN3O2S. The summed E-state index contributed by atoms with van der Waals surface area (Å²) in [5.74, 6) is 0.919. The van der Waals surface area contributed by atoms with Crippen LogP contribution in [0.25, 0.3) is 0 Å². The van der Waals surface area contributed by atoms with Gasteiger partial charge in [-0.05, 0) is 30.2 Å². The predicted octanol–water partition coefficient (Wildman–Crippen LogP) is 2.88. The van der Waals surface area contributed by atoms with Crippen LogP contribution < -0.4 is 10.0 Å². The molecule has 1 aromatic heterocycles. The number of hydrogen-bond donors (Lipinski definition) is 2. The second-order valence-corrected chi connectivity index (χ2v) is 8.34. The van der Waals surface area contributed by atoms with Crippen molar-refractivity contribution in [2.45, 2.75) is 38.5 Å². The molecule has 118 valence electrons. The number of halogens is 1. The molecule has 2 N–H and O–H groups in total. The van der Waals surface area contributed by atoms with Gasteiger partial charge in [0.05, 0.1) is 5.02 Å². The molecule has 1 fully saturated rings. The highest BCUT2D eigenvalue weighted by atomic mass is 35.5. The lowest BCUT2D eigenvalue weighted by atomic mass is 10.1. The zero-order valence-corrected chi connectivity index (χ0v) is 14.2. The lowest BCUT2D eigenvalue weighted by molar-refractivity contribution is 0.537. The zero-order valence-electron chi connectivity index (χ0n) is 12.6. The van der Waals surface area contributed by atoms with Gasteiger partial charge in [-0.2, -0.15) is 0 Å². The number of sulfonamides is 1. The molecule has 1 aliphatic carbocycles. The van der Waals surface area contributed by atoms with Crippen LogP contribution in [0.15, 0.2) is 17.2 Å². The van der Waals surface area contributed by atoms with Gasteiger partial charge < -0.3 is 5.32 Å². The summed E-state index contributed by atoms with van der Waals surface area (Å²) in [6, 6.07) is 1.44. The summed E-state index contributed by atoms with van der Waals surface area (Å²) in [5, 5.41) is 3.37. The molecule has 0 radical (unpaired) electrons. The Balaban J connectivity index is 2.04. The highest BCUT2D eigenvalue weighted by Crippen LogP contribution is 2.51. The highest BCUT2D eigenvalue weighted by Gasteiger charge is 2.45. The summed E-state index contributed by atoms with van der Waals surface area (Å²) in [6.07, 6.45) is 3.33. The number of hydrogen-bond acceptors (Lipinski definition) is 4. The van der Waals surface area contributed by atoms with Gasteiger partial charge in [0.25, 0.3) is 0 Å². The number of nitrogens with zero attached hydrogens (tertiary/aromatic N) is 1. The standard InChI is InChI=1S/C14H22ClN3O2S/c1-4-5-16-13-12(15)6-11(9-17-13)21(19,20)18-8-10-7-14(10,2)3/h6,9-10,18H,4-5,7-8H2,1-3H3,(H,16,17). The van der Waals surface area contributed by atoms with E-state index in [0.29, 0.717) is 23.3 Å². The molecule has 1 aromatic rings. The van der Waals surface area contributed by atoms with Gasteiger partial charge in [0.15, 0.2) is 0 Å². The Bertz CT molecular complexity index is 617. The van der Waals surface area contributed by atoms with E-state index in [0.717, 1.165) is 19.4 Å². The van der Waals surface area contributed by atoms with Crippen LogP contribution in [0.4, 0.5) is 5.82 Å². The topological polar surface area (TPSA) is 71.1 Å². The molecule has 0 aromatic carbocycles. The van der Waals surface area contributed by atoms with Gasteiger partial charge in [0, 0.05) is 19.3 Å². The quantitative estimate of drug-likeness (QED) is 0.806. The van der Waals surface area contributed by atoms with Crippen molar-refractivity contribution in [1.82, 2.24) is 9.71 Å². The van der Waals surface area contributed by atoms with E-state index in [1.807, 2.05) is 6.92 Å². The van der Waals surface area contributed by atoms with Crippen LogP contribution in [-0.2, 0) is 10.0 Å². The second-order valence-electron chi connectivity index (χ2n) is 6.17. The fourth-order valence-electron chi connectivity index (χ4n) is 2.16. The smallest absolute Gasteiger partial charge is 0.242 e. The molecule has 0 aliphatic heterocycles. The van der Waals surface area contributed by atoms with Gasteiger partial charge in [0.2, 0.25) is 10.0 Å². The second kappa shape index (κ2) is 6.10. The predicted molar refractivity (Wildman–Crippen MR) is 85.1 cm³/mol. The molecule has 5 nitrogen and oxygen atoms in total. The maximum atomic E-state index is 12.2. The lowest BCUT2D eigenvalue weighted by Crippen LogP contribution is -2.27. The maximum absolute atomic E-state index is 12.2. The van der Waals surface area contributed by atoms with Crippen LogP contribution in [0.5, 0.6) is 0 Å². The van der Waals surface area contributed by atoms with E-state index in [2.05, 4.69) is 28.9 Å². The van der Waals surface area contributed by atoms with E-state index < -0.39 is 10.0 Å². The minimum absolute atomic E-state index is 0.105. The molecule has 1 unspecified atom stereocenters. The molecule has 0 spiro atoms. The Hall–Kier alpha value is -0.850. The van der Waals surface area contributed by atoms with Crippen LogP contribution in [0.1, 0.15) is 33.6 Å². The first kappa shape index (κ1) is 16.5. The van der Waals surface area contributed by atoms with Gasteiger partial charge in [-0.3, -0.25) is 0 Å². The average Bonchev–Trinajstić information content (AvgIpc) is 3.03. The zero-order chi connectivity index (χ0) is 15.7. The number of nitrogens with one attached hydrogen (secondary N) is 2. The number of aromatic nitrogens is 1. The molecule has 1 saturated carbocycles. The third-order valence-electron chi connectivity index (χ3n) is 3.91. The summed E-state index contributed by atoms with van der Waals surface area (Å²) in [6.45, 7) is 7.51. The highest BCUT2D eigenvalue weighted by molar-refractivity contribution is 7.89. The van der Waals surface area contributed by atoms with E-state index >= 15 is 0 Å². The van der Waals surface area contributed by atoms with E-state index in [9.17, 15) is 8.42 Å². The number of pyridine rings is 1. The Kier molecular flexibility index (Phi) is 4.80. The maximum Gasteiger partial charge on any atom is 0.242 e. The molecule has 2 rings (SSSR count). The third-order valence-corrected chi connectivity index (χ3v) is 5.58. The normalized spacial score (nSPS) is 20.3. The van der Waals surface area contributed by atoms with Crippen LogP contribution in [-0.4, -0.2) is 26.5 Å². The van der Waals surface area contributed by atoms with Crippen molar-refractivity contribution in [1.29, 1.82) is 0 Å². The molecule has 1 aliphatic rings. The van der Waals surface area contributed by atoms with Crippen LogP contribution in [0, 0.1) is 11.3 Å². The minimum Gasteiger partial charge on any atom is -0.369 e. The Morgan fingerprint density at radius 3 is 2.67 bits per heavy atom. The summed E-state index contributed by atoms with van der Waals surface area (Å²) >= 11 is 6.07. The first-order valence-corrected chi connectivity index (χ1v) is 9.01. The monoisotopic (exact) mass is 331 g/mol. The Labute approximate surface area is 131 Å². The number of anilines is 1. The van der Waals surface area contributed by atoms with E-state index in [4.69, 9.17) is 11.6 Å². The molecule has 7 heteroatoms. The fourth-order valence-corrected chi connectivity index (χ4v) is 3.51. The van der Waals surface area contributed by atoms with E-state index in [-0.39, 0.29) is 10.3 Å². The van der Waals surface area contributed by atoms with Crippen LogP contribution in [0.2, 0.25) is 5.02 Å². The Morgan fingerprint density at radius 2 is 2.14 bits per heavy atom. The van der Waals surface area contributed by atoms with Crippen LogP contribution >= 0.6 is 11.6 Å². The van der Waals surface area contributed by atoms with E-state index in [1.165, 1.54) is 12.3 Å². The van der Waals surface area contributed by atoms with Gasteiger partial charge in [-0.1, -0.05) is 32.4 Å². The van der Waals surface area contributed by atoms with Crippen molar-refractivity contribution in [3.05, 3.63) is 17.3 Å². The van der Waals surface area contributed by atoms with Gasteiger partial charge in [-0.15, -0.1) is 0 Å². The van der Waals surface area contributed by atoms with Gasteiger partial charge in [-0.25, -0.2) is 18.1 Å². The molecular weight excluding hydrogens is 310 g/mol. The van der Waals surface area contributed by atoms with Gasteiger partial charge >= 0.3 is 0 Å². The Morgan fingerprint density at radius 1 is 1.48 bits per heavy atom. The summed E-state index contributed by atoms with van der Waals surface area (Å²) < 4.78 is 27.1. The van der Waals surface area contributed by atoms with Crippen LogP contribution in [0.3, 0.4) is 0 Å². The molecule has 1 atom stereocenters. The van der Waals surface area contributed by atoms with Crippen molar-refractivity contribution in [3.8, 4) is 0 Å². The van der Waals surface area contributed by atoms with Crippen molar-refractivity contribution in [2.24, 2.45) is 11.3 Å². The lowest BCUT2D eigenvalue weighted by Gasteiger charge is -2.10. The number of rotatable bonds is 7. The van der Waals surface area contributed by atoms with Crippen molar-refractivity contribution in [2.75, 3.05) is 18.4 Å². The average molecular weight is 332 g/mol. The fraction of sp³-hybridized carbons (Fsp3) is 0.643.